The highest BCUT2D eigenvalue weighted by Gasteiger charge is 2.44. The average Bonchev–Trinajstić information content (AvgIpc) is 3.07. The van der Waals surface area contributed by atoms with Crippen molar-refractivity contribution in [1.82, 2.24) is 15.2 Å². The second kappa shape index (κ2) is 6.96. The third-order valence-corrected chi connectivity index (χ3v) is 5.30. The molecule has 3 heterocycles. The summed E-state index contributed by atoms with van der Waals surface area (Å²) in [6.07, 6.45) is 5.42. The third-order valence-electron chi connectivity index (χ3n) is 5.30. The van der Waals surface area contributed by atoms with Crippen molar-refractivity contribution in [3.8, 4) is 0 Å². The van der Waals surface area contributed by atoms with Crippen LogP contribution < -0.4 is 5.32 Å². The van der Waals surface area contributed by atoms with E-state index in [1.807, 2.05) is 30.5 Å². The van der Waals surface area contributed by atoms with E-state index in [1.165, 1.54) is 0 Å². The molecular formula is C20H23N3O3. The molecular weight excluding hydrogens is 330 g/mol. The van der Waals surface area contributed by atoms with Crippen LogP contribution in [0, 0.1) is 0 Å². The smallest absolute Gasteiger partial charge is 0.246 e. The summed E-state index contributed by atoms with van der Waals surface area (Å²) in [5.74, 6) is -0.0802. The summed E-state index contributed by atoms with van der Waals surface area (Å²) < 4.78 is 5.68. The summed E-state index contributed by atoms with van der Waals surface area (Å²) in [6, 6.07) is 7.05. The maximum atomic E-state index is 12.9. The van der Waals surface area contributed by atoms with Gasteiger partial charge in [0.25, 0.3) is 0 Å². The van der Waals surface area contributed by atoms with Gasteiger partial charge < -0.3 is 19.9 Å². The first-order valence-electron chi connectivity index (χ1n) is 9.05. The van der Waals surface area contributed by atoms with E-state index >= 15 is 0 Å². The fourth-order valence-corrected chi connectivity index (χ4v) is 3.99. The van der Waals surface area contributed by atoms with Crippen LogP contribution in [0.1, 0.15) is 18.4 Å². The molecule has 1 aromatic heterocycles. The van der Waals surface area contributed by atoms with Crippen LogP contribution in [0.5, 0.6) is 0 Å². The zero-order valence-corrected chi connectivity index (χ0v) is 14.6. The van der Waals surface area contributed by atoms with E-state index in [1.54, 1.807) is 11.0 Å². The van der Waals surface area contributed by atoms with Crippen molar-refractivity contribution in [2.24, 2.45) is 0 Å². The van der Waals surface area contributed by atoms with E-state index in [4.69, 9.17) is 4.74 Å². The number of amides is 2. The molecule has 2 aliphatic rings. The van der Waals surface area contributed by atoms with Crippen LogP contribution in [-0.2, 0) is 20.7 Å². The first kappa shape index (κ1) is 16.8. The van der Waals surface area contributed by atoms with Gasteiger partial charge in [-0.25, -0.2) is 0 Å². The number of para-hydroxylation sites is 1. The van der Waals surface area contributed by atoms with Crippen LogP contribution in [0.2, 0.25) is 0 Å². The predicted octanol–water partition coefficient (Wildman–Crippen LogP) is 1.77. The Bertz CT molecular complexity index is 844. The van der Waals surface area contributed by atoms with Gasteiger partial charge in [0.2, 0.25) is 11.8 Å². The number of fused-ring (bicyclic) bond motifs is 2. The number of carbonyl (C=O) groups excluding carboxylic acids is 2. The van der Waals surface area contributed by atoms with E-state index in [0.29, 0.717) is 26.0 Å². The molecule has 1 aromatic carbocycles. The van der Waals surface area contributed by atoms with Crippen molar-refractivity contribution in [3.63, 3.8) is 0 Å². The van der Waals surface area contributed by atoms with E-state index < -0.39 is 12.1 Å². The van der Waals surface area contributed by atoms with Gasteiger partial charge in [-0.15, -0.1) is 6.58 Å². The molecule has 0 unspecified atom stereocenters. The number of nitrogens with zero attached hydrogens (tertiary/aromatic N) is 1. The van der Waals surface area contributed by atoms with E-state index in [-0.39, 0.29) is 17.9 Å². The number of nitrogens with one attached hydrogen (secondary N) is 2. The van der Waals surface area contributed by atoms with Crippen LogP contribution in [0.4, 0.5) is 0 Å². The second-order valence-corrected chi connectivity index (χ2v) is 6.94. The van der Waals surface area contributed by atoms with E-state index in [9.17, 15) is 9.59 Å². The minimum atomic E-state index is -0.511. The zero-order chi connectivity index (χ0) is 18.1. The largest absolute Gasteiger partial charge is 0.374 e. The van der Waals surface area contributed by atoms with Crippen molar-refractivity contribution >= 4 is 22.7 Å². The lowest BCUT2D eigenvalue weighted by atomic mass is 9.92. The normalized spacial score (nSPS) is 25.8. The van der Waals surface area contributed by atoms with E-state index in [2.05, 4.69) is 16.9 Å². The number of piperidine rings is 1. The van der Waals surface area contributed by atoms with Crippen LogP contribution in [0.25, 0.3) is 10.9 Å². The molecule has 26 heavy (non-hydrogen) atoms. The monoisotopic (exact) mass is 353 g/mol. The first-order chi connectivity index (χ1) is 12.7. The maximum absolute atomic E-state index is 12.9. The Hall–Kier alpha value is -2.60. The Morgan fingerprint density at radius 1 is 1.31 bits per heavy atom. The number of piperazine rings is 1. The summed E-state index contributed by atoms with van der Waals surface area (Å²) in [4.78, 5) is 30.5. The summed E-state index contributed by atoms with van der Waals surface area (Å²) in [5.41, 5.74) is 2.08. The number of hydrogen-bond donors (Lipinski definition) is 2. The summed E-state index contributed by atoms with van der Waals surface area (Å²) in [7, 11) is 0. The van der Waals surface area contributed by atoms with Crippen molar-refractivity contribution in [2.75, 3.05) is 13.2 Å². The first-order valence-corrected chi connectivity index (χ1v) is 9.05. The number of aromatic nitrogens is 1. The Morgan fingerprint density at radius 2 is 2.15 bits per heavy atom. The van der Waals surface area contributed by atoms with Crippen LogP contribution in [-0.4, -0.2) is 53.0 Å². The molecule has 0 radical (unpaired) electrons. The molecule has 2 aromatic rings. The fraction of sp³-hybridized carbons (Fsp3) is 0.400. The Kier molecular flexibility index (Phi) is 4.51. The van der Waals surface area contributed by atoms with Crippen molar-refractivity contribution in [3.05, 3.63) is 48.7 Å². The zero-order valence-electron chi connectivity index (χ0n) is 14.6. The minimum Gasteiger partial charge on any atom is -0.374 e. The summed E-state index contributed by atoms with van der Waals surface area (Å²) in [5, 5.41) is 4.02. The molecule has 0 bridgehead atoms. The van der Waals surface area contributed by atoms with Gasteiger partial charge in [-0.05, 0) is 18.1 Å². The van der Waals surface area contributed by atoms with Gasteiger partial charge in [-0.1, -0.05) is 24.3 Å². The summed E-state index contributed by atoms with van der Waals surface area (Å²) in [6.45, 7) is 4.68. The van der Waals surface area contributed by atoms with Gasteiger partial charge in [0.05, 0.1) is 12.7 Å². The number of carbonyl (C=O) groups is 2. The van der Waals surface area contributed by atoms with Crippen molar-refractivity contribution in [1.29, 1.82) is 0 Å². The Labute approximate surface area is 152 Å². The molecule has 0 saturated carbocycles. The highest BCUT2D eigenvalue weighted by Crippen LogP contribution is 2.26. The molecule has 0 aliphatic carbocycles. The number of aromatic amines is 1. The highest BCUT2D eigenvalue weighted by molar-refractivity contribution is 5.97. The quantitative estimate of drug-likeness (QED) is 0.805. The van der Waals surface area contributed by atoms with Gasteiger partial charge in [-0.3, -0.25) is 9.59 Å². The number of benzene rings is 1. The maximum Gasteiger partial charge on any atom is 0.246 e. The number of rotatable bonds is 5. The van der Waals surface area contributed by atoms with Crippen LogP contribution in [0.15, 0.2) is 43.1 Å². The van der Waals surface area contributed by atoms with Crippen LogP contribution in [0.3, 0.4) is 0 Å². The second-order valence-electron chi connectivity index (χ2n) is 6.94. The molecule has 2 aliphatic heterocycles. The molecule has 3 atom stereocenters. The standard InChI is InChI=1S/C20H23N3O3/c1-2-9-26-14-7-8-23-18(11-14)19(24)22-17(20(23)25)10-13-12-21-16-6-4-3-5-15(13)16/h2-6,12,14,17-18,21H,1,7-11H2,(H,22,24)/t14-,17-,18+/m1/s1. The van der Waals surface area contributed by atoms with Gasteiger partial charge in [0, 0.05) is 36.5 Å². The summed E-state index contributed by atoms with van der Waals surface area (Å²) >= 11 is 0. The molecule has 2 fully saturated rings. The van der Waals surface area contributed by atoms with Crippen molar-refractivity contribution in [2.45, 2.75) is 37.5 Å². The SMILES string of the molecule is C=CCO[C@@H]1CCN2C(=O)[C@@H](Cc3c[nH]c4ccccc34)NC(=O)[C@@H]2C1. The lowest BCUT2D eigenvalue weighted by Gasteiger charge is -2.43. The Morgan fingerprint density at radius 3 is 3.00 bits per heavy atom. The molecule has 2 saturated heterocycles. The molecule has 6 nitrogen and oxygen atoms in total. The van der Waals surface area contributed by atoms with Gasteiger partial charge in [0.15, 0.2) is 0 Å². The number of ether oxygens (including phenoxy) is 1. The fourth-order valence-electron chi connectivity index (χ4n) is 3.99. The molecule has 0 spiro atoms. The molecule has 2 amide bonds. The predicted molar refractivity (Wildman–Crippen MR) is 98.6 cm³/mol. The topological polar surface area (TPSA) is 74.4 Å². The molecule has 4 rings (SSSR count). The molecule has 2 N–H and O–H groups in total. The molecule has 6 heteroatoms. The lowest BCUT2D eigenvalue weighted by molar-refractivity contribution is -0.154. The third kappa shape index (κ3) is 3.01. The van der Waals surface area contributed by atoms with E-state index in [0.717, 1.165) is 22.9 Å². The minimum absolute atomic E-state index is 0.00188. The van der Waals surface area contributed by atoms with Crippen molar-refractivity contribution < 1.29 is 14.3 Å². The van der Waals surface area contributed by atoms with Crippen LogP contribution >= 0.6 is 0 Å². The Balaban J connectivity index is 1.48. The molecule has 136 valence electrons. The highest BCUT2D eigenvalue weighted by atomic mass is 16.5. The number of hydrogen-bond acceptors (Lipinski definition) is 3. The van der Waals surface area contributed by atoms with Gasteiger partial charge in [-0.2, -0.15) is 0 Å². The average molecular weight is 353 g/mol. The lowest BCUT2D eigenvalue weighted by Crippen LogP contribution is -2.66. The number of H-pyrrole nitrogens is 1. The van der Waals surface area contributed by atoms with Gasteiger partial charge in [0.1, 0.15) is 12.1 Å². The van der Waals surface area contributed by atoms with Gasteiger partial charge >= 0.3 is 0 Å².